The van der Waals surface area contributed by atoms with Gasteiger partial charge in [-0.15, -0.1) is 11.6 Å². The van der Waals surface area contributed by atoms with Gasteiger partial charge in [0.05, 0.1) is 16.1 Å². The second-order valence-corrected chi connectivity index (χ2v) is 4.71. The van der Waals surface area contributed by atoms with Gasteiger partial charge < -0.3 is 4.90 Å². The minimum atomic E-state index is -0.103. The monoisotopic (exact) mass is 243 g/mol. The molecule has 1 aliphatic rings. The van der Waals surface area contributed by atoms with E-state index in [9.17, 15) is 4.79 Å². The average molecular weight is 244 g/mol. The lowest BCUT2D eigenvalue weighted by Gasteiger charge is -2.18. The Morgan fingerprint density at radius 2 is 2.20 bits per heavy atom. The lowest BCUT2D eigenvalue weighted by molar-refractivity contribution is -0.117. The van der Waals surface area contributed by atoms with Gasteiger partial charge in [-0.2, -0.15) is 0 Å². The van der Waals surface area contributed by atoms with Crippen molar-refractivity contribution in [2.75, 3.05) is 11.4 Å². The van der Waals surface area contributed by atoms with Crippen molar-refractivity contribution in [3.8, 4) is 0 Å². The van der Waals surface area contributed by atoms with Crippen LogP contribution in [0.5, 0.6) is 0 Å². The number of hydrogen-bond acceptors (Lipinski definition) is 1. The molecular formula is C11H11Cl2NO. The Balaban J connectivity index is 2.38. The minimum Gasteiger partial charge on any atom is -0.309 e. The lowest BCUT2D eigenvalue weighted by Crippen LogP contribution is -2.24. The predicted molar refractivity (Wildman–Crippen MR) is 62.8 cm³/mol. The Hall–Kier alpha value is -0.730. The second kappa shape index (κ2) is 4.03. The number of rotatable bonds is 1. The van der Waals surface area contributed by atoms with Crippen molar-refractivity contribution in [1.82, 2.24) is 0 Å². The van der Waals surface area contributed by atoms with Crippen LogP contribution in [0.15, 0.2) is 18.2 Å². The highest BCUT2D eigenvalue weighted by atomic mass is 35.5. The number of hydrogen-bond donors (Lipinski definition) is 0. The molecular weight excluding hydrogens is 233 g/mol. The average Bonchev–Trinajstić information content (AvgIpc) is 2.50. The van der Waals surface area contributed by atoms with Gasteiger partial charge in [-0.3, -0.25) is 4.79 Å². The second-order valence-electron chi connectivity index (χ2n) is 3.71. The number of aryl methyl sites for hydroxylation is 1. The number of amides is 1. The van der Waals surface area contributed by atoms with Crippen LogP contribution in [0.4, 0.5) is 5.69 Å². The van der Waals surface area contributed by atoms with Gasteiger partial charge in [0.25, 0.3) is 0 Å². The Morgan fingerprint density at radius 1 is 1.47 bits per heavy atom. The third kappa shape index (κ3) is 1.97. The first kappa shape index (κ1) is 10.8. The smallest absolute Gasteiger partial charge is 0.228 e. The zero-order chi connectivity index (χ0) is 11.0. The van der Waals surface area contributed by atoms with Crippen LogP contribution < -0.4 is 4.90 Å². The summed E-state index contributed by atoms with van der Waals surface area (Å²) in [5.74, 6) is 0.0440. The van der Waals surface area contributed by atoms with Crippen molar-refractivity contribution >= 4 is 34.8 Å². The zero-order valence-electron chi connectivity index (χ0n) is 8.34. The number of benzene rings is 1. The number of carbonyl (C=O) groups is 1. The molecule has 1 aliphatic heterocycles. The summed E-state index contributed by atoms with van der Waals surface area (Å²) < 4.78 is 0. The Kier molecular flexibility index (Phi) is 2.89. The van der Waals surface area contributed by atoms with Crippen LogP contribution >= 0.6 is 23.2 Å². The summed E-state index contributed by atoms with van der Waals surface area (Å²) in [6, 6.07) is 5.66. The molecule has 2 rings (SSSR count). The number of carbonyl (C=O) groups excluding carboxylic acids is 1. The standard InChI is InChI=1S/C11H11Cl2NO/c1-7-3-2-4-9(11(7)13)14-6-8(12)5-10(14)15/h2-4,8H,5-6H2,1H3. The highest BCUT2D eigenvalue weighted by Crippen LogP contribution is 2.32. The fourth-order valence-electron chi connectivity index (χ4n) is 1.74. The van der Waals surface area contributed by atoms with Crippen molar-refractivity contribution in [3.63, 3.8) is 0 Å². The zero-order valence-corrected chi connectivity index (χ0v) is 9.85. The number of alkyl halides is 1. The van der Waals surface area contributed by atoms with E-state index in [1.165, 1.54) is 0 Å². The highest BCUT2D eigenvalue weighted by Gasteiger charge is 2.30. The molecule has 1 atom stereocenters. The fourth-order valence-corrected chi connectivity index (χ4v) is 2.24. The van der Waals surface area contributed by atoms with Gasteiger partial charge in [0.2, 0.25) is 5.91 Å². The van der Waals surface area contributed by atoms with Crippen molar-refractivity contribution in [1.29, 1.82) is 0 Å². The van der Waals surface area contributed by atoms with Crippen molar-refractivity contribution in [2.24, 2.45) is 0 Å². The summed E-state index contributed by atoms with van der Waals surface area (Å²) in [7, 11) is 0. The number of nitrogens with zero attached hydrogens (tertiary/aromatic N) is 1. The third-order valence-corrected chi connectivity index (χ3v) is 3.32. The van der Waals surface area contributed by atoms with Gasteiger partial charge >= 0.3 is 0 Å². The van der Waals surface area contributed by atoms with Crippen LogP contribution in [-0.2, 0) is 4.79 Å². The molecule has 1 aromatic rings. The SMILES string of the molecule is Cc1cccc(N2CC(Cl)CC2=O)c1Cl. The van der Waals surface area contributed by atoms with E-state index < -0.39 is 0 Å². The molecule has 0 bridgehead atoms. The first-order valence-electron chi connectivity index (χ1n) is 4.79. The molecule has 0 N–H and O–H groups in total. The number of anilines is 1. The summed E-state index contributed by atoms with van der Waals surface area (Å²) in [6.45, 7) is 2.47. The topological polar surface area (TPSA) is 20.3 Å². The molecule has 0 aromatic heterocycles. The summed E-state index contributed by atoms with van der Waals surface area (Å²) >= 11 is 12.1. The van der Waals surface area contributed by atoms with Gasteiger partial charge in [0, 0.05) is 13.0 Å². The van der Waals surface area contributed by atoms with Gasteiger partial charge in [0.1, 0.15) is 0 Å². The van der Waals surface area contributed by atoms with E-state index in [1.807, 2.05) is 25.1 Å². The molecule has 4 heteroatoms. The Bertz CT molecular complexity index is 406. The quantitative estimate of drug-likeness (QED) is 0.695. The summed E-state index contributed by atoms with van der Waals surface area (Å²) in [5.41, 5.74) is 1.74. The van der Waals surface area contributed by atoms with Crippen LogP contribution in [-0.4, -0.2) is 17.8 Å². The maximum atomic E-state index is 11.6. The van der Waals surface area contributed by atoms with E-state index in [0.29, 0.717) is 18.0 Å². The van der Waals surface area contributed by atoms with Gasteiger partial charge in [-0.1, -0.05) is 23.7 Å². The lowest BCUT2D eigenvalue weighted by atomic mass is 10.2. The molecule has 1 saturated heterocycles. The molecule has 1 unspecified atom stereocenters. The third-order valence-electron chi connectivity index (χ3n) is 2.54. The van der Waals surface area contributed by atoms with E-state index in [1.54, 1.807) is 4.90 Å². The molecule has 0 radical (unpaired) electrons. The normalized spacial score (nSPS) is 21.1. The summed E-state index contributed by atoms with van der Waals surface area (Å²) in [4.78, 5) is 13.3. The maximum Gasteiger partial charge on any atom is 0.228 e. The molecule has 1 fully saturated rings. The van der Waals surface area contributed by atoms with E-state index in [4.69, 9.17) is 23.2 Å². The first-order chi connectivity index (χ1) is 7.09. The molecule has 0 saturated carbocycles. The highest BCUT2D eigenvalue weighted by molar-refractivity contribution is 6.35. The molecule has 15 heavy (non-hydrogen) atoms. The predicted octanol–water partition coefficient (Wildman–Crippen LogP) is 2.99. The molecule has 1 aromatic carbocycles. The largest absolute Gasteiger partial charge is 0.309 e. The minimum absolute atomic E-state index is 0.0440. The molecule has 0 aliphatic carbocycles. The van der Waals surface area contributed by atoms with Crippen molar-refractivity contribution in [3.05, 3.63) is 28.8 Å². The molecule has 1 heterocycles. The maximum absolute atomic E-state index is 11.6. The molecule has 1 amide bonds. The van der Waals surface area contributed by atoms with Crippen molar-refractivity contribution < 1.29 is 4.79 Å². The van der Waals surface area contributed by atoms with Crippen LogP contribution in [0.3, 0.4) is 0 Å². The van der Waals surface area contributed by atoms with Crippen LogP contribution in [0, 0.1) is 6.92 Å². The van der Waals surface area contributed by atoms with E-state index in [-0.39, 0.29) is 11.3 Å². The Morgan fingerprint density at radius 3 is 2.80 bits per heavy atom. The van der Waals surface area contributed by atoms with E-state index in [0.717, 1.165) is 11.3 Å². The first-order valence-corrected chi connectivity index (χ1v) is 5.60. The number of halogens is 2. The van der Waals surface area contributed by atoms with E-state index in [2.05, 4.69) is 0 Å². The van der Waals surface area contributed by atoms with E-state index >= 15 is 0 Å². The van der Waals surface area contributed by atoms with Gasteiger partial charge in [-0.25, -0.2) is 0 Å². The van der Waals surface area contributed by atoms with Gasteiger partial charge in [0.15, 0.2) is 0 Å². The van der Waals surface area contributed by atoms with Crippen molar-refractivity contribution in [2.45, 2.75) is 18.7 Å². The fraction of sp³-hybridized carbons (Fsp3) is 0.364. The van der Waals surface area contributed by atoms with Crippen LogP contribution in [0.25, 0.3) is 0 Å². The summed E-state index contributed by atoms with van der Waals surface area (Å²) in [5, 5.41) is 0.533. The molecule has 2 nitrogen and oxygen atoms in total. The Labute approximate surface area is 98.8 Å². The molecule has 0 spiro atoms. The van der Waals surface area contributed by atoms with Crippen LogP contribution in [0.2, 0.25) is 5.02 Å². The molecule has 80 valence electrons. The van der Waals surface area contributed by atoms with Gasteiger partial charge in [-0.05, 0) is 18.6 Å². The van der Waals surface area contributed by atoms with Crippen LogP contribution in [0.1, 0.15) is 12.0 Å². The summed E-state index contributed by atoms with van der Waals surface area (Å²) in [6.07, 6.45) is 0.395.